The summed E-state index contributed by atoms with van der Waals surface area (Å²) in [5, 5.41) is 7.81. The maximum Gasteiger partial charge on any atom is 0.254 e. The number of aromatic nitrogens is 2. The van der Waals surface area contributed by atoms with E-state index in [0.29, 0.717) is 17.2 Å². The first-order valence-electron chi connectivity index (χ1n) is 9.51. The minimum Gasteiger partial charge on any atom is -0.361 e. The number of carbonyl (C=O) groups is 1. The molecule has 3 rings (SSSR count). The molecular weight excluding hydrogens is 360 g/mol. The zero-order valence-electron chi connectivity index (χ0n) is 16.3. The van der Waals surface area contributed by atoms with Crippen molar-refractivity contribution in [1.82, 2.24) is 20.4 Å². The SMILES string of the molecule is Cc1noc(C)c1CSc1ncccc1C(=O)NCCC1CCN(C)CC1. The first-order chi connectivity index (χ1) is 13.0. The van der Waals surface area contributed by atoms with Crippen molar-refractivity contribution in [3.05, 3.63) is 40.9 Å². The van der Waals surface area contributed by atoms with Crippen molar-refractivity contribution in [2.75, 3.05) is 26.7 Å². The summed E-state index contributed by atoms with van der Waals surface area (Å²) < 4.78 is 5.21. The number of likely N-dealkylation sites (tertiary alicyclic amines) is 1. The molecule has 3 heterocycles. The topological polar surface area (TPSA) is 71.3 Å². The van der Waals surface area contributed by atoms with Gasteiger partial charge in [0, 0.05) is 24.1 Å². The van der Waals surface area contributed by atoms with Gasteiger partial charge in [-0.15, -0.1) is 11.8 Å². The highest BCUT2D eigenvalue weighted by Crippen LogP contribution is 2.27. The van der Waals surface area contributed by atoms with Crippen molar-refractivity contribution in [2.24, 2.45) is 5.92 Å². The summed E-state index contributed by atoms with van der Waals surface area (Å²) in [7, 11) is 2.17. The molecule has 0 unspecified atom stereocenters. The predicted octanol–water partition coefficient (Wildman–Crippen LogP) is 3.44. The van der Waals surface area contributed by atoms with Gasteiger partial charge in [-0.3, -0.25) is 4.79 Å². The van der Waals surface area contributed by atoms with E-state index >= 15 is 0 Å². The van der Waals surface area contributed by atoms with Crippen LogP contribution in [0.3, 0.4) is 0 Å². The molecule has 1 fully saturated rings. The molecule has 146 valence electrons. The highest BCUT2D eigenvalue weighted by Gasteiger charge is 2.18. The lowest BCUT2D eigenvalue weighted by Gasteiger charge is -2.28. The van der Waals surface area contributed by atoms with Crippen molar-refractivity contribution in [3.8, 4) is 0 Å². The first-order valence-corrected chi connectivity index (χ1v) is 10.5. The van der Waals surface area contributed by atoms with Gasteiger partial charge in [-0.05, 0) is 71.3 Å². The molecule has 0 saturated carbocycles. The van der Waals surface area contributed by atoms with Gasteiger partial charge < -0.3 is 14.7 Å². The Labute approximate surface area is 165 Å². The van der Waals surface area contributed by atoms with E-state index in [-0.39, 0.29) is 5.91 Å². The van der Waals surface area contributed by atoms with Gasteiger partial charge in [-0.2, -0.15) is 0 Å². The maximum atomic E-state index is 12.7. The third-order valence-corrected chi connectivity index (χ3v) is 6.26. The Bertz CT molecular complexity index is 750. The van der Waals surface area contributed by atoms with E-state index in [2.05, 4.69) is 27.4 Å². The summed E-state index contributed by atoms with van der Waals surface area (Å²) in [6.45, 7) is 6.87. The van der Waals surface area contributed by atoms with Crippen LogP contribution in [-0.4, -0.2) is 47.6 Å². The number of amides is 1. The van der Waals surface area contributed by atoms with Crippen LogP contribution in [0.15, 0.2) is 27.9 Å². The van der Waals surface area contributed by atoms with Crippen molar-refractivity contribution in [1.29, 1.82) is 0 Å². The number of hydrogen-bond acceptors (Lipinski definition) is 6. The van der Waals surface area contributed by atoms with E-state index in [0.717, 1.165) is 48.1 Å². The Morgan fingerprint density at radius 2 is 2.15 bits per heavy atom. The summed E-state index contributed by atoms with van der Waals surface area (Å²) in [6.07, 6.45) is 5.21. The van der Waals surface area contributed by atoms with E-state index in [1.165, 1.54) is 12.8 Å². The molecule has 6 nitrogen and oxygen atoms in total. The molecule has 0 aromatic carbocycles. The number of nitrogens with one attached hydrogen (secondary N) is 1. The lowest BCUT2D eigenvalue weighted by Crippen LogP contribution is -2.32. The summed E-state index contributed by atoms with van der Waals surface area (Å²) in [5.41, 5.74) is 2.59. The van der Waals surface area contributed by atoms with Gasteiger partial charge in [0.05, 0.1) is 11.3 Å². The lowest BCUT2D eigenvalue weighted by atomic mass is 9.94. The second-order valence-corrected chi connectivity index (χ2v) is 8.20. The molecule has 0 spiro atoms. The number of thioether (sulfide) groups is 1. The molecule has 1 aliphatic heterocycles. The Morgan fingerprint density at radius 1 is 1.37 bits per heavy atom. The smallest absolute Gasteiger partial charge is 0.254 e. The van der Waals surface area contributed by atoms with Crippen LogP contribution in [0.2, 0.25) is 0 Å². The van der Waals surface area contributed by atoms with E-state index in [4.69, 9.17) is 4.52 Å². The zero-order chi connectivity index (χ0) is 19.2. The average molecular weight is 389 g/mol. The third-order valence-electron chi connectivity index (χ3n) is 5.23. The zero-order valence-corrected chi connectivity index (χ0v) is 17.1. The Hall–Kier alpha value is -1.86. The molecule has 7 heteroatoms. The van der Waals surface area contributed by atoms with Crippen molar-refractivity contribution in [3.63, 3.8) is 0 Å². The largest absolute Gasteiger partial charge is 0.361 e. The van der Waals surface area contributed by atoms with Gasteiger partial charge in [0.15, 0.2) is 0 Å². The van der Waals surface area contributed by atoms with Crippen LogP contribution in [0, 0.1) is 19.8 Å². The van der Waals surface area contributed by atoms with Gasteiger partial charge in [-0.25, -0.2) is 4.98 Å². The van der Waals surface area contributed by atoms with Gasteiger partial charge >= 0.3 is 0 Å². The van der Waals surface area contributed by atoms with Crippen molar-refractivity contribution < 1.29 is 9.32 Å². The number of hydrogen-bond donors (Lipinski definition) is 1. The average Bonchev–Trinajstić information content (AvgIpc) is 2.99. The number of aryl methyl sites for hydroxylation is 2. The summed E-state index contributed by atoms with van der Waals surface area (Å²) in [6, 6.07) is 3.65. The van der Waals surface area contributed by atoms with Crippen LogP contribution in [0.1, 0.15) is 46.6 Å². The van der Waals surface area contributed by atoms with Gasteiger partial charge in [0.25, 0.3) is 5.91 Å². The van der Waals surface area contributed by atoms with Crippen LogP contribution in [0.4, 0.5) is 0 Å². The Kier molecular flexibility index (Phi) is 6.90. The van der Waals surface area contributed by atoms with Crippen LogP contribution in [0.5, 0.6) is 0 Å². The monoisotopic (exact) mass is 388 g/mol. The van der Waals surface area contributed by atoms with E-state index in [1.807, 2.05) is 26.0 Å². The van der Waals surface area contributed by atoms with Crippen molar-refractivity contribution >= 4 is 17.7 Å². The molecule has 0 atom stereocenters. The standard InChI is InChI=1S/C20H28N4O2S/c1-14-18(15(2)26-23-14)13-27-20-17(5-4-9-22-20)19(25)21-10-6-16-7-11-24(3)12-8-16/h4-5,9,16H,6-8,10-13H2,1-3H3,(H,21,25). The summed E-state index contributed by atoms with van der Waals surface area (Å²) in [4.78, 5) is 19.4. The minimum absolute atomic E-state index is 0.0442. The fourth-order valence-electron chi connectivity index (χ4n) is 3.36. The fourth-order valence-corrected chi connectivity index (χ4v) is 4.51. The highest BCUT2D eigenvalue weighted by atomic mass is 32.2. The molecule has 0 aliphatic carbocycles. The molecule has 1 amide bonds. The van der Waals surface area contributed by atoms with Gasteiger partial charge in [0.2, 0.25) is 0 Å². The Morgan fingerprint density at radius 3 is 2.85 bits per heavy atom. The minimum atomic E-state index is -0.0442. The summed E-state index contributed by atoms with van der Waals surface area (Å²) >= 11 is 1.55. The predicted molar refractivity (Wildman–Crippen MR) is 107 cm³/mol. The van der Waals surface area contributed by atoms with Crippen LogP contribution in [0.25, 0.3) is 0 Å². The maximum absolute atomic E-state index is 12.7. The second kappa shape index (κ2) is 9.37. The van der Waals surface area contributed by atoms with Crippen molar-refractivity contribution in [2.45, 2.75) is 43.9 Å². The fraction of sp³-hybridized carbons (Fsp3) is 0.550. The normalized spacial score (nSPS) is 15.8. The number of piperidine rings is 1. The molecule has 1 saturated heterocycles. The third kappa shape index (κ3) is 5.32. The summed E-state index contributed by atoms with van der Waals surface area (Å²) in [5.74, 6) is 2.18. The molecule has 0 radical (unpaired) electrons. The molecule has 0 bridgehead atoms. The number of carbonyl (C=O) groups excluding carboxylic acids is 1. The molecule has 2 aromatic heterocycles. The van der Waals surface area contributed by atoms with E-state index in [1.54, 1.807) is 18.0 Å². The van der Waals surface area contributed by atoms with Gasteiger partial charge in [0.1, 0.15) is 10.8 Å². The first kappa shape index (κ1) is 19.9. The quantitative estimate of drug-likeness (QED) is 0.733. The van der Waals surface area contributed by atoms with Crippen LogP contribution in [-0.2, 0) is 5.75 Å². The van der Waals surface area contributed by atoms with Gasteiger partial charge in [-0.1, -0.05) is 5.16 Å². The van der Waals surface area contributed by atoms with Crippen LogP contribution >= 0.6 is 11.8 Å². The number of nitrogens with zero attached hydrogens (tertiary/aromatic N) is 3. The molecule has 27 heavy (non-hydrogen) atoms. The highest BCUT2D eigenvalue weighted by molar-refractivity contribution is 7.98. The molecule has 1 aliphatic rings. The Balaban J connectivity index is 1.54. The molecular formula is C20H28N4O2S. The number of pyridine rings is 1. The second-order valence-electron chi connectivity index (χ2n) is 7.24. The molecule has 2 aromatic rings. The van der Waals surface area contributed by atoms with E-state index in [9.17, 15) is 4.79 Å². The molecule has 1 N–H and O–H groups in total. The number of rotatable bonds is 7. The lowest BCUT2D eigenvalue weighted by molar-refractivity contribution is 0.0945. The van der Waals surface area contributed by atoms with Crippen LogP contribution < -0.4 is 5.32 Å². The van der Waals surface area contributed by atoms with E-state index < -0.39 is 0 Å².